The molecule has 0 radical (unpaired) electrons. The second-order valence-corrected chi connectivity index (χ2v) is 4.78. The largest absolute Gasteiger partial charge is 0.396 e. The van der Waals surface area contributed by atoms with Gasteiger partial charge in [0.1, 0.15) is 5.82 Å². The number of aromatic nitrogens is 3. The molecule has 1 heterocycles. The molecule has 0 atom stereocenters. The molecule has 0 unspecified atom stereocenters. The van der Waals surface area contributed by atoms with Crippen LogP contribution in [0.5, 0.6) is 0 Å². The van der Waals surface area contributed by atoms with Crippen LogP contribution < -0.4 is 5.32 Å². The fourth-order valence-corrected chi connectivity index (χ4v) is 1.34. The van der Waals surface area contributed by atoms with E-state index in [1.165, 1.54) is 0 Å². The van der Waals surface area contributed by atoms with E-state index in [0.717, 1.165) is 6.42 Å². The van der Waals surface area contributed by atoms with E-state index in [1.54, 1.807) is 0 Å². The molecule has 1 aromatic rings. The molecule has 0 saturated heterocycles. The number of carbonyl (C=O) groups is 1. The highest BCUT2D eigenvalue weighted by molar-refractivity contribution is 5.90. The number of amides is 1. The quantitative estimate of drug-likeness (QED) is 0.675. The third-order valence-electron chi connectivity index (χ3n) is 2.59. The molecule has 96 valence electrons. The van der Waals surface area contributed by atoms with Crippen molar-refractivity contribution in [1.29, 1.82) is 0 Å². The van der Waals surface area contributed by atoms with Crippen molar-refractivity contribution in [1.82, 2.24) is 20.5 Å². The molecule has 3 N–H and O–H groups in total. The first-order chi connectivity index (χ1) is 7.98. The number of hydrogen-bond donors (Lipinski definition) is 3. The Morgan fingerprint density at radius 1 is 1.53 bits per heavy atom. The number of aliphatic hydroxyl groups is 1. The molecule has 17 heavy (non-hydrogen) atoms. The lowest BCUT2D eigenvalue weighted by atomic mass is 9.90. The molecule has 0 aliphatic heterocycles. The van der Waals surface area contributed by atoms with Gasteiger partial charge < -0.3 is 10.4 Å². The molecule has 0 aliphatic rings. The molecule has 0 saturated carbocycles. The first kappa shape index (κ1) is 13.6. The predicted octanol–water partition coefficient (Wildman–Crippen LogP) is 0.505. The maximum atomic E-state index is 11.7. The third-order valence-corrected chi connectivity index (χ3v) is 2.59. The molecule has 1 aromatic heterocycles. The van der Waals surface area contributed by atoms with Crippen molar-refractivity contribution in [2.24, 2.45) is 5.41 Å². The topological polar surface area (TPSA) is 90.9 Å². The Labute approximate surface area is 101 Å². The standard InChI is InChI=1S/C11H20N4O2/c1-4-8-13-9(15-14-8)10(17)12-7-11(2,3)5-6-16/h16H,4-7H2,1-3H3,(H,12,17)(H,13,14,15). The Balaban J connectivity index is 2.49. The zero-order valence-corrected chi connectivity index (χ0v) is 10.6. The zero-order chi connectivity index (χ0) is 12.9. The number of H-pyrrole nitrogens is 1. The highest BCUT2D eigenvalue weighted by atomic mass is 16.3. The van der Waals surface area contributed by atoms with Crippen molar-refractivity contribution in [3.63, 3.8) is 0 Å². The monoisotopic (exact) mass is 240 g/mol. The van der Waals surface area contributed by atoms with Crippen LogP contribution in [0.2, 0.25) is 0 Å². The number of aromatic amines is 1. The van der Waals surface area contributed by atoms with Gasteiger partial charge in [0.2, 0.25) is 5.82 Å². The normalized spacial score (nSPS) is 11.5. The Hall–Kier alpha value is -1.43. The average molecular weight is 240 g/mol. The van der Waals surface area contributed by atoms with Gasteiger partial charge in [-0.25, -0.2) is 4.98 Å². The van der Waals surface area contributed by atoms with Gasteiger partial charge in [-0.05, 0) is 11.8 Å². The summed E-state index contributed by atoms with van der Waals surface area (Å²) < 4.78 is 0. The van der Waals surface area contributed by atoms with Gasteiger partial charge in [-0.1, -0.05) is 20.8 Å². The van der Waals surface area contributed by atoms with E-state index in [-0.39, 0.29) is 23.8 Å². The van der Waals surface area contributed by atoms with Gasteiger partial charge in [-0.3, -0.25) is 9.89 Å². The smallest absolute Gasteiger partial charge is 0.290 e. The highest BCUT2D eigenvalue weighted by Crippen LogP contribution is 2.17. The molecule has 1 rings (SSSR count). The molecule has 0 bridgehead atoms. The molecule has 6 nitrogen and oxygen atoms in total. The van der Waals surface area contributed by atoms with Crippen LogP contribution in [0.3, 0.4) is 0 Å². The van der Waals surface area contributed by atoms with Crippen molar-refractivity contribution in [3.8, 4) is 0 Å². The van der Waals surface area contributed by atoms with Crippen LogP contribution in [0.15, 0.2) is 0 Å². The predicted molar refractivity (Wildman–Crippen MR) is 63.6 cm³/mol. The number of hydrogen-bond acceptors (Lipinski definition) is 4. The van der Waals surface area contributed by atoms with Crippen molar-refractivity contribution in [2.75, 3.05) is 13.2 Å². The maximum Gasteiger partial charge on any atom is 0.290 e. The molecule has 0 aliphatic carbocycles. The molecule has 0 spiro atoms. The molecular weight excluding hydrogens is 220 g/mol. The van der Waals surface area contributed by atoms with Gasteiger partial charge in [0.05, 0.1) is 0 Å². The van der Waals surface area contributed by atoms with Crippen LogP contribution in [0, 0.1) is 5.41 Å². The molecule has 1 amide bonds. The van der Waals surface area contributed by atoms with Gasteiger partial charge in [0.15, 0.2) is 0 Å². The van der Waals surface area contributed by atoms with Crippen LogP contribution in [0.25, 0.3) is 0 Å². The molecular formula is C11H20N4O2. The van der Waals surface area contributed by atoms with Crippen molar-refractivity contribution in [3.05, 3.63) is 11.6 Å². The van der Waals surface area contributed by atoms with Crippen molar-refractivity contribution >= 4 is 5.91 Å². The van der Waals surface area contributed by atoms with Crippen LogP contribution in [0.4, 0.5) is 0 Å². The van der Waals surface area contributed by atoms with Gasteiger partial charge in [-0.15, -0.1) is 5.10 Å². The summed E-state index contributed by atoms with van der Waals surface area (Å²) in [6.07, 6.45) is 1.36. The van der Waals surface area contributed by atoms with Gasteiger partial charge in [0.25, 0.3) is 5.91 Å². The number of nitrogens with zero attached hydrogens (tertiary/aromatic N) is 2. The summed E-state index contributed by atoms with van der Waals surface area (Å²) in [5, 5.41) is 18.2. The van der Waals surface area contributed by atoms with E-state index in [0.29, 0.717) is 18.8 Å². The minimum absolute atomic E-state index is 0.115. The Bertz CT molecular complexity index is 373. The number of rotatable bonds is 6. The van der Waals surface area contributed by atoms with Crippen LogP contribution in [-0.2, 0) is 6.42 Å². The van der Waals surface area contributed by atoms with Crippen LogP contribution >= 0.6 is 0 Å². The van der Waals surface area contributed by atoms with E-state index in [2.05, 4.69) is 20.5 Å². The lowest BCUT2D eigenvalue weighted by Crippen LogP contribution is -2.35. The van der Waals surface area contributed by atoms with Gasteiger partial charge >= 0.3 is 0 Å². The maximum absolute atomic E-state index is 11.7. The van der Waals surface area contributed by atoms with E-state index in [9.17, 15) is 4.79 Å². The second-order valence-electron chi connectivity index (χ2n) is 4.78. The lowest BCUT2D eigenvalue weighted by Gasteiger charge is -2.23. The Morgan fingerprint density at radius 2 is 2.24 bits per heavy atom. The third kappa shape index (κ3) is 4.14. The Kier molecular flexibility index (Phi) is 4.62. The van der Waals surface area contributed by atoms with Crippen LogP contribution in [-0.4, -0.2) is 39.3 Å². The van der Waals surface area contributed by atoms with Crippen molar-refractivity contribution in [2.45, 2.75) is 33.6 Å². The average Bonchev–Trinajstić information content (AvgIpc) is 2.74. The first-order valence-electron chi connectivity index (χ1n) is 5.79. The van der Waals surface area contributed by atoms with Gasteiger partial charge in [-0.2, -0.15) is 0 Å². The van der Waals surface area contributed by atoms with E-state index in [1.807, 2.05) is 20.8 Å². The number of nitrogens with one attached hydrogen (secondary N) is 2. The number of carbonyl (C=O) groups excluding carboxylic acids is 1. The van der Waals surface area contributed by atoms with E-state index in [4.69, 9.17) is 5.11 Å². The zero-order valence-electron chi connectivity index (χ0n) is 10.6. The Morgan fingerprint density at radius 3 is 2.76 bits per heavy atom. The minimum atomic E-state index is -0.285. The van der Waals surface area contributed by atoms with E-state index >= 15 is 0 Å². The fourth-order valence-electron chi connectivity index (χ4n) is 1.34. The minimum Gasteiger partial charge on any atom is -0.396 e. The second kappa shape index (κ2) is 5.77. The number of aryl methyl sites for hydroxylation is 1. The highest BCUT2D eigenvalue weighted by Gasteiger charge is 2.20. The lowest BCUT2D eigenvalue weighted by molar-refractivity contribution is 0.0918. The van der Waals surface area contributed by atoms with Crippen molar-refractivity contribution < 1.29 is 9.90 Å². The summed E-state index contributed by atoms with van der Waals surface area (Å²) in [5.74, 6) is 0.582. The van der Waals surface area contributed by atoms with Crippen LogP contribution in [0.1, 0.15) is 43.6 Å². The summed E-state index contributed by atoms with van der Waals surface area (Å²) in [6.45, 7) is 6.51. The summed E-state index contributed by atoms with van der Waals surface area (Å²) in [7, 11) is 0. The molecule has 0 aromatic carbocycles. The summed E-state index contributed by atoms with van der Waals surface area (Å²) in [5.41, 5.74) is -0.131. The molecule has 6 heteroatoms. The first-order valence-corrected chi connectivity index (χ1v) is 5.79. The summed E-state index contributed by atoms with van der Waals surface area (Å²) in [6, 6.07) is 0. The molecule has 0 fully saturated rings. The van der Waals surface area contributed by atoms with Gasteiger partial charge in [0, 0.05) is 19.6 Å². The summed E-state index contributed by atoms with van der Waals surface area (Å²) >= 11 is 0. The SMILES string of the molecule is CCc1nc(C(=O)NCC(C)(C)CCO)n[nH]1. The fraction of sp³-hybridized carbons (Fsp3) is 0.727. The van der Waals surface area contributed by atoms with E-state index < -0.39 is 0 Å². The summed E-state index contributed by atoms with van der Waals surface area (Å²) in [4.78, 5) is 15.8. The number of aliphatic hydroxyl groups excluding tert-OH is 1.